The molecule has 31 heavy (non-hydrogen) atoms. The molecule has 0 aliphatic rings. The Balaban J connectivity index is 1.24. The zero-order valence-corrected chi connectivity index (χ0v) is 17.2. The summed E-state index contributed by atoms with van der Waals surface area (Å²) >= 11 is 5.83. The topological polar surface area (TPSA) is 89.3 Å². The Kier molecular flexibility index (Phi) is 6.44. The van der Waals surface area contributed by atoms with E-state index in [2.05, 4.69) is 20.8 Å². The molecule has 0 fully saturated rings. The van der Waals surface area contributed by atoms with Crippen LogP contribution in [0, 0.1) is 0 Å². The SMILES string of the molecule is O=C(COc1ccc(CNc2nc(-c3ccccc3)no2)cc1)Nc1ccc(Cl)cc1. The van der Waals surface area contributed by atoms with Gasteiger partial charge in [0.15, 0.2) is 6.61 Å². The van der Waals surface area contributed by atoms with Gasteiger partial charge in [-0.05, 0) is 42.0 Å². The fraction of sp³-hybridized carbons (Fsp3) is 0.0870. The fourth-order valence-corrected chi connectivity index (χ4v) is 2.89. The molecule has 7 nitrogen and oxygen atoms in total. The molecule has 3 aromatic carbocycles. The van der Waals surface area contributed by atoms with Crippen LogP contribution in [0.3, 0.4) is 0 Å². The Morgan fingerprint density at radius 2 is 1.71 bits per heavy atom. The molecule has 0 atom stereocenters. The van der Waals surface area contributed by atoms with E-state index >= 15 is 0 Å². The minimum absolute atomic E-state index is 0.0928. The van der Waals surface area contributed by atoms with Crippen molar-refractivity contribution in [1.29, 1.82) is 0 Å². The highest BCUT2D eigenvalue weighted by molar-refractivity contribution is 6.30. The predicted octanol–water partition coefficient (Wildman–Crippen LogP) is 5.02. The van der Waals surface area contributed by atoms with Gasteiger partial charge in [-0.3, -0.25) is 4.79 Å². The monoisotopic (exact) mass is 434 g/mol. The Labute approximate surface area is 184 Å². The highest BCUT2D eigenvalue weighted by atomic mass is 35.5. The molecule has 1 heterocycles. The number of halogens is 1. The van der Waals surface area contributed by atoms with E-state index < -0.39 is 0 Å². The molecule has 4 rings (SSSR count). The van der Waals surface area contributed by atoms with Gasteiger partial charge in [0.1, 0.15) is 5.75 Å². The van der Waals surface area contributed by atoms with E-state index in [4.69, 9.17) is 20.9 Å². The van der Waals surface area contributed by atoms with Crippen molar-refractivity contribution in [2.45, 2.75) is 6.54 Å². The summed E-state index contributed by atoms with van der Waals surface area (Å²) in [6, 6.07) is 24.2. The van der Waals surface area contributed by atoms with E-state index in [1.165, 1.54) is 0 Å². The van der Waals surface area contributed by atoms with Gasteiger partial charge in [0.05, 0.1) is 0 Å². The van der Waals surface area contributed by atoms with Crippen molar-refractivity contribution < 1.29 is 14.1 Å². The molecular weight excluding hydrogens is 416 g/mol. The number of amides is 1. The smallest absolute Gasteiger partial charge is 0.322 e. The predicted molar refractivity (Wildman–Crippen MR) is 119 cm³/mol. The minimum atomic E-state index is -0.251. The standard InChI is InChI=1S/C23H19ClN4O3/c24-18-8-10-19(11-9-18)26-21(29)15-30-20-12-6-16(7-13-20)14-25-23-27-22(28-31-23)17-4-2-1-3-5-17/h1-13H,14-15H2,(H,26,29)(H,25,27,28). The number of nitrogens with zero attached hydrogens (tertiary/aromatic N) is 2. The molecule has 0 radical (unpaired) electrons. The molecular formula is C23H19ClN4O3. The van der Waals surface area contributed by atoms with Gasteiger partial charge in [-0.2, -0.15) is 4.98 Å². The van der Waals surface area contributed by atoms with E-state index in [1.54, 1.807) is 36.4 Å². The van der Waals surface area contributed by atoms with Crippen LogP contribution in [0.2, 0.25) is 5.02 Å². The van der Waals surface area contributed by atoms with E-state index in [0.29, 0.717) is 34.8 Å². The van der Waals surface area contributed by atoms with Crippen molar-refractivity contribution in [1.82, 2.24) is 10.1 Å². The van der Waals surface area contributed by atoms with Crippen molar-refractivity contribution in [3.8, 4) is 17.1 Å². The van der Waals surface area contributed by atoms with E-state index in [1.807, 2.05) is 42.5 Å². The van der Waals surface area contributed by atoms with Gasteiger partial charge in [0.25, 0.3) is 5.91 Å². The van der Waals surface area contributed by atoms with Gasteiger partial charge in [0.2, 0.25) is 5.82 Å². The summed E-state index contributed by atoms with van der Waals surface area (Å²) in [5.74, 6) is 0.876. The molecule has 0 saturated carbocycles. The molecule has 0 bridgehead atoms. The number of anilines is 2. The summed E-state index contributed by atoms with van der Waals surface area (Å²) in [6.45, 7) is 0.415. The Morgan fingerprint density at radius 3 is 2.45 bits per heavy atom. The maximum absolute atomic E-state index is 12.0. The summed E-state index contributed by atoms with van der Waals surface area (Å²) in [6.07, 6.45) is 0. The first-order chi connectivity index (χ1) is 15.2. The average molecular weight is 435 g/mol. The summed E-state index contributed by atoms with van der Waals surface area (Å²) in [4.78, 5) is 16.3. The van der Waals surface area contributed by atoms with E-state index in [9.17, 15) is 4.79 Å². The quantitative estimate of drug-likeness (QED) is 0.404. The molecule has 156 valence electrons. The number of ether oxygens (including phenoxy) is 1. The van der Waals surface area contributed by atoms with Gasteiger partial charge < -0.3 is 19.9 Å². The third-order valence-corrected chi connectivity index (χ3v) is 4.57. The van der Waals surface area contributed by atoms with Crippen LogP contribution in [0.15, 0.2) is 83.4 Å². The first-order valence-corrected chi connectivity index (χ1v) is 9.94. The van der Waals surface area contributed by atoms with Crippen molar-refractivity contribution in [3.05, 3.63) is 89.4 Å². The van der Waals surface area contributed by atoms with Crippen LogP contribution in [0.1, 0.15) is 5.56 Å². The number of benzene rings is 3. The largest absolute Gasteiger partial charge is 0.484 e. The van der Waals surface area contributed by atoms with Crippen LogP contribution < -0.4 is 15.4 Å². The second-order valence-electron chi connectivity index (χ2n) is 6.63. The lowest BCUT2D eigenvalue weighted by atomic mass is 10.2. The van der Waals surface area contributed by atoms with Gasteiger partial charge in [-0.15, -0.1) is 0 Å². The number of carbonyl (C=O) groups is 1. The zero-order chi connectivity index (χ0) is 21.5. The van der Waals surface area contributed by atoms with Crippen molar-refractivity contribution in [2.75, 3.05) is 17.2 Å². The average Bonchev–Trinajstić information content (AvgIpc) is 3.28. The van der Waals surface area contributed by atoms with Gasteiger partial charge in [-0.25, -0.2) is 0 Å². The third-order valence-electron chi connectivity index (χ3n) is 4.32. The van der Waals surface area contributed by atoms with Crippen LogP contribution in [0.25, 0.3) is 11.4 Å². The number of rotatable bonds is 8. The molecule has 0 saturated heterocycles. The zero-order valence-electron chi connectivity index (χ0n) is 16.4. The summed E-state index contributed by atoms with van der Waals surface area (Å²) in [5, 5.41) is 10.4. The van der Waals surface area contributed by atoms with Gasteiger partial charge in [-0.1, -0.05) is 59.2 Å². The second kappa shape index (κ2) is 9.77. The lowest BCUT2D eigenvalue weighted by Crippen LogP contribution is -2.20. The molecule has 8 heteroatoms. The maximum Gasteiger partial charge on any atom is 0.322 e. The minimum Gasteiger partial charge on any atom is -0.484 e. The molecule has 1 amide bonds. The Bertz CT molecular complexity index is 1130. The second-order valence-corrected chi connectivity index (χ2v) is 7.07. The maximum atomic E-state index is 12.0. The first kappa shape index (κ1) is 20.4. The number of carbonyl (C=O) groups excluding carboxylic acids is 1. The summed E-state index contributed by atoms with van der Waals surface area (Å²) in [5.41, 5.74) is 2.55. The number of hydrogen-bond acceptors (Lipinski definition) is 6. The van der Waals surface area contributed by atoms with Crippen molar-refractivity contribution >= 4 is 29.2 Å². The molecule has 2 N–H and O–H groups in total. The third kappa shape index (κ3) is 5.83. The molecule has 0 spiro atoms. The number of nitrogens with one attached hydrogen (secondary N) is 2. The highest BCUT2D eigenvalue weighted by Crippen LogP contribution is 2.18. The number of hydrogen-bond donors (Lipinski definition) is 2. The van der Waals surface area contributed by atoms with Crippen LogP contribution >= 0.6 is 11.6 Å². The molecule has 0 unspecified atom stereocenters. The van der Waals surface area contributed by atoms with E-state index in [0.717, 1.165) is 11.1 Å². The molecule has 0 aliphatic carbocycles. The lowest BCUT2D eigenvalue weighted by molar-refractivity contribution is -0.118. The Morgan fingerprint density at radius 1 is 0.968 bits per heavy atom. The molecule has 4 aromatic rings. The van der Waals surface area contributed by atoms with Crippen molar-refractivity contribution in [2.24, 2.45) is 0 Å². The van der Waals surface area contributed by atoms with Gasteiger partial charge >= 0.3 is 6.01 Å². The van der Waals surface area contributed by atoms with Crippen LogP contribution in [0.5, 0.6) is 5.75 Å². The van der Waals surface area contributed by atoms with Crippen LogP contribution in [-0.2, 0) is 11.3 Å². The lowest BCUT2D eigenvalue weighted by Gasteiger charge is -2.08. The molecule has 0 aliphatic heterocycles. The Hall–Kier alpha value is -3.84. The van der Waals surface area contributed by atoms with Crippen LogP contribution in [0.4, 0.5) is 11.7 Å². The molecule has 1 aromatic heterocycles. The van der Waals surface area contributed by atoms with E-state index in [-0.39, 0.29) is 12.5 Å². The summed E-state index contributed by atoms with van der Waals surface area (Å²) in [7, 11) is 0. The normalized spacial score (nSPS) is 10.5. The summed E-state index contributed by atoms with van der Waals surface area (Å²) < 4.78 is 10.8. The number of aromatic nitrogens is 2. The fourth-order valence-electron chi connectivity index (χ4n) is 2.76. The van der Waals surface area contributed by atoms with Gasteiger partial charge in [0, 0.05) is 22.8 Å². The highest BCUT2D eigenvalue weighted by Gasteiger charge is 2.08. The first-order valence-electron chi connectivity index (χ1n) is 9.56. The van der Waals surface area contributed by atoms with Crippen molar-refractivity contribution in [3.63, 3.8) is 0 Å². The van der Waals surface area contributed by atoms with Crippen LogP contribution in [-0.4, -0.2) is 22.7 Å².